The quantitative estimate of drug-likeness (QED) is 0.281. The molecule has 0 bridgehead atoms. The molecule has 0 atom stereocenters. The molecule has 1 heterocycles. The predicted molar refractivity (Wildman–Crippen MR) is 94.8 cm³/mol. The molecule has 1 aromatic rings. The summed E-state index contributed by atoms with van der Waals surface area (Å²) in [6.45, 7) is 4.48. The average Bonchev–Trinajstić information content (AvgIpc) is 2.69. The first kappa shape index (κ1) is 19.6. The molecule has 0 aromatic carbocycles. The fourth-order valence-corrected chi connectivity index (χ4v) is 4.18. The number of thiophene rings is 1. The van der Waals surface area contributed by atoms with E-state index in [2.05, 4.69) is 20.3 Å². The molecule has 6 nitrogen and oxygen atoms in total. The molecule has 1 rings (SSSR count). The summed E-state index contributed by atoms with van der Waals surface area (Å²) in [6, 6.07) is 1.70. The van der Waals surface area contributed by atoms with Gasteiger partial charge in [-0.15, -0.1) is 35.3 Å². The van der Waals surface area contributed by atoms with Gasteiger partial charge in [0.1, 0.15) is 0 Å². The normalized spacial score (nSPS) is 11.9. The van der Waals surface area contributed by atoms with Crippen LogP contribution in [-0.2, 0) is 10.0 Å². The molecule has 9 heteroatoms. The Kier molecular flexibility index (Phi) is 8.63. The highest BCUT2D eigenvalue weighted by Gasteiger charge is 2.18. The van der Waals surface area contributed by atoms with Crippen molar-refractivity contribution in [2.75, 3.05) is 27.2 Å². The van der Waals surface area contributed by atoms with E-state index >= 15 is 0 Å². The monoisotopic (exact) mass is 432 g/mol. The van der Waals surface area contributed by atoms with Gasteiger partial charge in [-0.25, -0.2) is 13.1 Å². The van der Waals surface area contributed by atoms with Gasteiger partial charge in [0.2, 0.25) is 10.0 Å². The molecule has 0 aliphatic carbocycles. The van der Waals surface area contributed by atoms with Crippen LogP contribution in [0.4, 0.5) is 0 Å². The van der Waals surface area contributed by atoms with Crippen LogP contribution in [0, 0.1) is 13.8 Å². The molecule has 0 amide bonds. The Morgan fingerprint density at radius 1 is 1.35 bits per heavy atom. The first-order valence-corrected chi connectivity index (χ1v) is 8.15. The van der Waals surface area contributed by atoms with Crippen molar-refractivity contribution in [2.45, 2.75) is 18.7 Å². The van der Waals surface area contributed by atoms with Crippen molar-refractivity contribution in [2.24, 2.45) is 4.99 Å². The number of nitrogens with zero attached hydrogens (tertiary/aromatic N) is 1. The van der Waals surface area contributed by atoms with E-state index in [4.69, 9.17) is 0 Å². The number of nitrogens with one attached hydrogen (secondary N) is 3. The van der Waals surface area contributed by atoms with Crippen LogP contribution in [0.1, 0.15) is 9.75 Å². The lowest BCUT2D eigenvalue weighted by molar-refractivity contribution is 0.580. The molecule has 0 spiro atoms. The molecular weight excluding hydrogens is 411 g/mol. The lowest BCUT2D eigenvalue weighted by Gasteiger charge is -2.09. The molecule has 0 aliphatic rings. The highest BCUT2D eigenvalue weighted by Crippen LogP contribution is 2.24. The van der Waals surface area contributed by atoms with Gasteiger partial charge in [-0.1, -0.05) is 0 Å². The minimum absolute atomic E-state index is 0. The van der Waals surface area contributed by atoms with Gasteiger partial charge in [-0.05, 0) is 19.9 Å². The van der Waals surface area contributed by atoms with Crippen molar-refractivity contribution in [3.05, 3.63) is 15.8 Å². The van der Waals surface area contributed by atoms with Gasteiger partial charge in [0.15, 0.2) is 5.96 Å². The number of hydrogen-bond acceptors (Lipinski definition) is 4. The van der Waals surface area contributed by atoms with Gasteiger partial charge >= 0.3 is 0 Å². The zero-order chi connectivity index (χ0) is 14.5. The Bertz CT molecular complexity index is 555. The molecule has 116 valence electrons. The Morgan fingerprint density at radius 3 is 2.45 bits per heavy atom. The Balaban J connectivity index is 0.00000361. The molecule has 0 saturated carbocycles. The smallest absolute Gasteiger partial charge is 0.241 e. The number of aliphatic imine (C=N–C) groups is 1. The summed E-state index contributed by atoms with van der Waals surface area (Å²) >= 11 is 1.48. The van der Waals surface area contributed by atoms with Gasteiger partial charge in [0, 0.05) is 36.9 Å². The van der Waals surface area contributed by atoms with E-state index in [0.29, 0.717) is 23.9 Å². The van der Waals surface area contributed by atoms with E-state index < -0.39 is 10.0 Å². The third kappa shape index (κ3) is 5.54. The average molecular weight is 432 g/mol. The van der Waals surface area contributed by atoms with Crippen LogP contribution in [0.5, 0.6) is 0 Å². The molecule has 0 aliphatic heterocycles. The molecule has 0 unspecified atom stereocenters. The topological polar surface area (TPSA) is 82.6 Å². The lowest BCUT2D eigenvalue weighted by atomic mass is 10.4. The van der Waals surface area contributed by atoms with Crippen molar-refractivity contribution in [3.63, 3.8) is 0 Å². The molecule has 1 aromatic heterocycles. The van der Waals surface area contributed by atoms with Crippen LogP contribution in [0.2, 0.25) is 0 Å². The third-order valence-corrected chi connectivity index (χ3v) is 5.14. The van der Waals surface area contributed by atoms with E-state index in [1.165, 1.54) is 11.3 Å². The van der Waals surface area contributed by atoms with E-state index in [-0.39, 0.29) is 24.0 Å². The van der Waals surface area contributed by atoms with Crippen molar-refractivity contribution < 1.29 is 8.42 Å². The maximum absolute atomic E-state index is 12.1. The maximum atomic E-state index is 12.1. The third-order valence-electron chi connectivity index (χ3n) is 2.45. The molecule has 0 radical (unpaired) electrons. The summed E-state index contributed by atoms with van der Waals surface area (Å²) in [5.74, 6) is 0.627. The summed E-state index contributed by atoms with van der Waals surface area (Å²) in [7, 11) is -0.0211. The number of guanidine groups is 1. The zero-order valence-electron chi connectivity index (χ0n) is 12.0. The maximum Gasteiger partial charge on any atom is 0.241 e. The van der Waals surface area contributed by atoms with Gasteiger partial charge in [-0.3, -0.25) is 4.99 Å². The lowest BCUT2D eigenvalue weighted by Crippen LogP contribution is -2.39. The highest BCUT2D eigenvalue weighted by molar-refractivity contribution is 14.0. The second kappa shape index (κ2) is 8.80. The molecule has 0 fully saturated rings. The Morgan fingerprint density at radius 2 is 2.00 bits per heavy atom. The van der Waals surface area contributed by atoms with Crippen molar-refractivity contribution in [3.8, 4) is 0 Å². The number of sulfonamides is 1. The van der Waals surface area contributed by atoms with Crippen LogP contribution in [0.15, 0.2) is 16.0 Å². The van der Waals surface area contributed by atoms with E-state index in [1.807, 2.05) is 13.8 Å². The number of aryl methyl sites for hydroxylation is 2. The van der Waals surface area contributed by atoms with Crippen LogP contribution in [0.25, 0.3) is 0 Å². The first-order valence-electron chi connectivity index (χ1n) is 5.86. The molecular formula is C11H21IN4O2S2. The number of rotatable bonds is 5. The summed E-state index contributed by atoms with van der Waals surface area (Å²) in [4.78, 5) is 6.10. The zero-order valence-corrected chi connectivity index (χ0v) is 15.9. The van der Waals surface area contributed by atoms with Crippen LogP contribution < -0.4 is 15.4 Å². The number of halogens is 1. The molecule has 0 saturated heterocycles. The Labute approximate surface area is 141 Å². The van der Waals surface area contributed by atoms with Crippen molar-refractivity contribution in [1.29, 1.82) is 0 Å². The minimum Gasteiger partial charge on any atom is -0.359 e. The van der Waals surface area contributed by atoms with E-state index in [1.54, 1.807) is 20.2 Å². The van der Waals surface area contributed by atoms with Gasteiger partial charge in [0.05, 0.1) is 4.90 Å². The summed E-state index contributed by atoms with van der Waals surface area (Å²) in [5.41, 5.74) is 0. The minimum atomic E-state index is -3.42. The first-order chi connectivity index (χ1) is 8.90. The van der Waals surface area contributed by atoms with Crippen molar-refractivity contribution in [1.82, 2.24) is 15.4 Å². The largest absolute Gasteiger partial charge is 0.359 e. The molecule has 3 N–H and O–H groups in total. The Hall–Kier alpha value is -0.390. The fourth-order valence-electron chi connectivity index (χ4n) is 1.60. The van der Waals surface area contributed by atoms with Gasteiger partial charge in [-0.2, -0.15) is 0 Å². The van der Waals surface area contributed by atoms with Crippen LogP contribution >= 0.6 is 35.3 Å². The van der Waals surface area contributed by atoms with Crippen LogP contribution in [0.3, 0.4) is 0 Å². The summed E-state index contributed by atoms with van der Waals surface area (Å²) in [5, 5.41) is 5.83. The number of hydrogen-bond donors (Lipinski definition) is 3. The second-order valence-electron chi connectivity index (χ2n) is 3.92. The van der Waals surface area contributed by atoms with Gasteiger partial charge < -0.3 is 10.6 Å². The summed E-state index contributed by atoms with van der Waals surface area (Å²) < 4.78 is 26.7. The van der Waals surface area contributed by atoms with Crippen molar-refractivity contribution >= 4 is 51.3 Å². The summed E-state index contributed by atoms with van der Waals surface area (Å²) in [6.07, 6.45) is 0. The predicted octanol–water partition coefficient (Wildman–Crippen LogP) is 1.06. The second-order valence-corrected chi connectivity index (χ2v) is 7.12. The fraction of sp³-hybridized carbons (Fsp3) is 0.545. The van der Waals surface area contributed by atoms with E-state index in [9.17, 15) is 8.42 Å². The van der Waals surface area contributed by atoms with Gasteiger partial charge in [0.25, 0.3) is 0 Å². The van der Waals surface area contributed by atoms with E-state index in [0.717, 1.165) is 9.75 Å². The molecule has 20 heavy (non-hydrogen) atoms. The highest BCUT2D eigenvalue weighted by atomic mass is 127. The van der Waals surface area contributed by atoms with Crippen LogP contribution in [-0.4, -0.2) is 41.6 Å². The standard InChI is InChI=1S/C11H20N4O2S2.HI/c1-8-7-10(9(2)18-8)19(16,17)15-6-5-14-11(12-3)13-4;/h7,15H,5-6H2,1-4H3,(H2,12,13,14);1H. The SMILES string of the molecule is CN=C(NC)NCCNS(=O)(=O)c1cc(C)sc1C.I.